The van der Waals surface area contributed by atoms with E-state index in [4.69, 9.17) is 4.74 Å². The molecular formula is C14H24N4O. The van der Waals surface area contributed by atoms with E-state index in [9.17, 15) is 0 Å². The highest BCUT2D eigenvalue weighted by Gasteiger charge is 2.26. The van der Waals surface area contributed by atoms with Crippen LogP contribution in [0.25, 0.3) is 0 Å². The number of nitrogens with zero attached hydrogens (tertiary/aromatic N) is 3. The molecule has 1 saturated heterocycles. The molecule has 1 aromatic rings. The Balaban J connectivity index is 1.44. The zero-order chi connectivity index (χ0) is 13.1. The van der Waals surface area contributed by atoms with Crippen molar-refractivity contribution in [2.45, 2.75) is 25.5 Å². The van der Waals surface area contributed by atoms with E-state index in [0.29, 0.717) is 6.10 Å². The minimum Gasteiger partial charge on any atom is -0.374 e. The Morgan fingerprint density at radius 3 is 3.11 bits per heavy atom. The molecule has 5 nitrogen and oxygen atoms in total. The van der Waals surface area contributed by atoms with E-state index in [1.54, 1.807) is 0 Å². The largest absolute Gasteiger partial charge is 0.374 e. The van der Waals surface area contributed by atoms with Crippen molar-refractivity contribution in [3.05, 3.63) is 18.0 Å². The maximum Gasteiger partial charge on any atom is 0.0829 e. The molecule has 1 aliphatic heterocycles. The summed E-state index contributed by atoms with van der Waals surface area (Å²) in [5.74, 6) is 0.953. The third-order valence-corrected chi connectivity index (χ3v) is 3.96. The number of hydrogen-bond acceptors (Lipinski definition) is 4. The summed E-state index contributed by atoms with van der Waals surface area (Å²) in [6, 6.07) is 2.05. The van der Waals surface area contributed by atoms with Crippen molar-refractivity contribution in [3.8, 4) is 0 Å². The van der Waals surface area contributed by atoms with E-state index >= 15 is 0 Å². The van der Waals surface area contributed by atoms with Crippen molar-refractivity contribution < 1.29 is 4.74 Å². The second-order valence-corrected chi connectivity index (χ2v) is 5.97. The first kappa shape index (κ1) is 13.1. The number of hydrogen-bond donors (Lipinski definition) is 1. The first-order valence-corrected chi connectivity index (χ1v) is 7.30. The summed E-state index contributed by atoms with van der Waals surface area (Å²) >= 11 is 0. The molecule has 3 rings (SSSR count). The Morgan fingerprint density at radius 1 is 1.47 bits per heavy atom. The fourth-order valence-corrected chi connectivity index (χ4v) is 2.81. The molecule has 1 aromatic heterocycles. The van der Waals surface area contributed by atoms with Gasteiger partial charge < -0.3 is 9.64 Å². The second kappa shape index (κ2) is 6.03. The number of ether oxygens (including phenoxy) is 1. The van der Waals surface area contributed by atoms with E-state index in [1.165, 1.54) is 25.1 Å². The summed E-state index contributed by atoms with van der Waals surface area (Å²) < 4.78 is 5.89. The van der Waals surface area contributed by atoms with Gasteiger partial charge in [0.1, 0.15) is 0 Å². The Labute approximate surface area is 114 Å². The van der Waals surface area contributed by atoms with E-state index in [-0.39, 0.29) is 0 Å². The summed E-state index contributed by atoms with van der Waals surface area (Å²) in [6.07, 6.45) is 5.00. The quantitative estimate of drug-likeness (QED) is 0.831. The lowest BCUT2D eigenvalue weighted by Crippen LogP contribution is -2.46. The van der Waals surface area contributed by atoms with Crippen LogP contribution in [0.2, 0.25) is 0 Å². The maximum atomic E-state index is 5.89. The Hall–Kier alpha value is -0.910. The molecule has 1 atom stereocenters. The van der Waals surface area contributed by atoms with Crippen molar-refractivity contribution in [2.75, 3.05) is 39.8 Å². The van der Waals surface area contributed by atoms with Crippen LogP contribution in [0.4, 0.5) is 0 Å². The van der Waals surface area contributed by atoms with Gasteiger partial charge in [-0.1, -0.05) is 0 Å². The van der Waals surface area contributed by atoms with Crippen LogP contribution in [0.1, 0.15) is 18.5 Å². The normalized spacial score (nSPS) is 25.1. The average molecular weight is 264 g/mol. The molecule has 5 heteroatoms. The van der Waals surface area contributed by atoms with Gasteiger partial charge in [0.25, 0.3) is 0 Å². The lowest BCUT2D eigenvalue weighted by atomic mass is 10.2. The molecule has 1 N–H and O–H groups in total. The van der Waals surface area contributed by atoms with Crippen molar-refractivity contribution in [1.82, 2.24) is 20.0 Å². The van der Waals surface area contributed by atoms with Crippen molar-refractivity contribution >= 4 is 0 Å². The molecule has 0 aromatic carbocycles. The van der Waals surface area contributed by atoms with Gasteiger partial charge in [-0.3, -0.25) is 10.00 Å². The number of H-pyrrole nitrogens is 1. The molecule has 2 heterocycles. The van der Waals surface area contributed by atoms with Crippen LogP contribution >= 0.6 is 0 Å². The molecule has 2 fully saturated rings. The van der Waals surface area contributed by atoms with Crippen LogP contribution in [0, 0.1) is 5.92 Å². The number of aromatic amines is 1. The summed E-state index contributed by atoms with van der Waals surface area (Å²) in [6.45, 7) is 6.12. The van der Waals surface area contributed by atoms with E-state index < -0.39 is 0 Å². The standard InChI is InChI=1S/C14H24N4O/c1-17(8-12-2-3-12)10-14-11-18(6-7-19-14)9-13-4-5-15-16-13/h4-5,12,14H,2-3,6-11H2,1H3,(H,15,16). The lowest BCUT2D eigenvalue weighted by molar-refractivity contribution is -0.0437. The molecule has 0 amide bonds. The summed E-state index contributed by atoms with van der Waals surface area (Å²) in [5.41, 5.74) is 1.19. The van der Waals surface area contributed by atoms with Crippen LogP contribution in [0.3, 0.4) is 0 Å². The molecular weight excluding hydrogens is 240 g/mol. The predicted octanol–water partition coefficient (Wildman–Crippen LogP) is 0.952. The van der Waals surface area contributed by atoms with Gasteiger partial charge >= 0.3 is 0 Å². The predicted molar refractivity (Wildman–Crippen MR) is 73.8 cm³/mol. The van der Waals surface area contributed by atoms with Crippen LogP contribution in [0.5, 0.6) is 0 Å². The SMILES string of the molecule is CN(CC1CC1)CC1CN(Cc2ccn[nH]2)CCO1. The molecule has 19 heavy (non-hydrogen) atoms. The monoisotopic (exact) mass is 264 g/mol. The average Bonchev–Trinajstić information content (AvgIpc) is 3.04. The van der Waals surface area contributed by atoms with Gasteiger partial charge in [-0.05, 0) is 31.9 Å². The second-order valence-electron chi connectivity index (χ2n) is 5.97. The summed E-state index contributed by atoms with van der Waals surface area (Å²) in [5, 5.41) is 7.04. The van der Waals surface area contributed by atoms with Gasteiger partial charge in [0, 0.05) is 44.6 Å². The minimum atomic E-state index is 0.348. The zero-order valence-electron chi connectivity index (χ0n) is 11.7. The summed E-state index contributed by atoms with van der Waals surface area (Å²) in [7, 11) is 2.22. The molecule has 1 saturated carbocycles. The molecule has 0 bridgehead atoms. The van der Waals surface area contributed by atoms with Crippen LogP contribution in [0.15, 0.2) is 12.3 Å². The number of rotatable bonds is 6. The van der Waals surface area contributed by atoms with Crippen LogP contribution < -0.4 is 0 Å². The molecule has 106 valence electrons. The van der Waals surface area contributed by atoms with Gasteiger partial charge in [-0.25, -0.2) is 0 Å². The minimum absolute atomic E-state index is 0.348. The maximum absolute atomic E-state index is 5.89. The van der Waals surface area contributed by atoms with Crippen LogP contribution in [-0.4, -0.2) is 65.9 Å². The zero-order valence-corrected chi connectivity index (χ0v) is 11.7. The smallest absolute Gasteiger partial charge is 0.0829 e. The van der Waals surface area contributed by atoms with E-state index in [0.717, 1.165) is 38.7 Å². The van der Waals surface area contributed by atoms with E-state index in [2.05, 4.69) is 27.0 Å². The van der Waals surface area contributed by atoms with Gasteiger partial charge in [0.05, 0.1) is 12.7 Å². The fourth-order valence-electron chi connectivity index (χ4n) is 2.81. The van der Waals surface area contributed by atoms with Gasteiger partial charge in [0.15, 0.2) is 0 Å². The van der Waals surface area contributed by atoms with Crippen molar-refractivity contribution in [3.63, 3.8) is 0 Å². The van der Waals surface area contributed by atoms with Gasteiger partial charge in [-0.2, -0.15) is 5.10 Å². The van der Waals surface area contributed by atoms with Gasteiger partial charge in [0.2, 0.25) is 0 Å². The molecule has 0 radical (unpaired) electrons. The first-order valence-electron chi connectivity index (χ1n) is 7.30. The Kier molecular flexibility index (Phi) is 4.15. The van der Waals surface area contributed by atoms with Crippen molar-refractivity contribution in [2.24, 2.45) is 5.92 Å². The Morgan fingerprint density at radius 2 is 2.37 bits per heavy atom. The topological polar surface area (TPSA) is 44.4 Å². The number of morpholine rings is 1. The number of aromatic nitrogens is 2. The Bertz CT molecular complexity index is 377. The summed E-state index contributed by atoms with van der Waals surface area (Å²) in [4.78, 5) is 4.88. The molecule has 2 aliphatic rings. The number of nitrogens with one attached hydrogen (secondary N) is 1. The van der Waals surface area contributed by atoms with Crippen LogP contribution in [-0.2, 0) is 11.3 Å². The van der Waals surface area contributed by atoms with Crippen molar-refractivity contribution in [1.29, 1.82) is 0 Å². The van der Waals surface area contributed by atoms with Gasteiger partial charge in [-0.15, -0.1) is 0 Å². The fraction of sp³-hybridized carbons (Fsp3) is 0.786. The third kappa shape index (κ3) is 4.03. The lowest BCUT2D eigenvalue weighted by Gasteiger charge is -2.34. The highest BCUT2D eigenvalue weighted by Crippen LogP contribution is 2.29. The number of likely N-dealkylation sites (N-methyl/N-ethyl adjacent to an activating group) is 1. The molecule has 0 spiro atoms. The first-order chi connectivity index (χ1) is 9.29. The molecule has 1 unspecified atom stereocenters. The third-order valence-electron chi connectivity index (χ3n) is 3.96. The van der Waals surface area contributed by atoms with E-state index in [1.807, 2.05) is 12.3 Å². The molecule has 1 aliphatic carbocycles. The highest BCUT2D eigenvalue weighted by atomic mass is 16.5. The highest BCUT2D eigenvalue weighted by molar-refractivity contribution is 4.97.